The maximum atomic E-state index is 12.6. The Kier molecular flexibility index (Phi) is 8.92. The predicted molar refractivity (Wildman–Crippen MR) is 99.0 cm³/mol. The number of benzene rings is 1. The van der Waals surface area contributed by atoms with Crippen LogP contribution in [0.4, 0.5) is 13.2 Å². The number of hydrogen-bond acceptors (Lipinski definition) is 2. The van der Waals surface area contributed by atoms with E-state index < -0.39 is 11.7 Å². The summed E-state index contributed by atoms with van der Waals surface area (Å²) in [5, 5.41) is 15.8. The maximum Gasteiger partial charge on any atom is 0.416 e. The first kappa shape index (κ1) is 22.3. The fourth-order valence-electron chi connectivity index (χ4n) is 2.76. The Hall–Kier alpha value is -1.76. The molecule has 0 heterocycles. The molecule has 7 heteroatoms. The summed E-state index contributed by atoms with van der Waals surface area (Å²) in [7, 11) is 0. The topological polar surface area (TPSA) is 56.7 Å². The van der Waals surface area contributed by atoms with E-state index in [1.54, 1.807) is 0 Å². The number of halogens is 3. The fraction of sp³-hybridized carbons (Fsp3) is 0.632. The molecule has 1 aromatic rings. The van der Waals surface area contributed by atoms with Crippen LogP contribution in [0.3, 0.4) is 0 Å². The van der Waals surface area contributed by atoms with Gasteiger partial charge >= 0.3 is 6.18 Å². The summed E-state index contributed by atoms with van der Waals surface area (Å²) in [6.45, 7) is 7.96. The SMILES string of the molecule is CCNC(=NCc1ccc(C(F)(F)F)cc1)NCC(CC)(CC)CCO. The molecule has 0 fully saturated rings. The highest BCUT2D eigenvalue weighted by Gasteiger charge is 2.30. The van der Waals surface area contributed by atoms with E-state index in [0.717, 1.165) is 25.0 Å². The van der Waals surface area contributed by atoms with E-state index in [1.165, 1.54) is 12.1 Å². The molecule has 26 heavy (non-hydrogen) atoms. The van der Waals surface area contributed by atoms with Crippen LogP contribution in [-0.2, 0) is 12.7 Å². The van der Waals surface area contributed by atoms with Gasteiger partial charge in [0.25, 0.3) is 0 Å². The molecule has 148 valence electrons. The van der Waals surface area contributed by atoms with Crippen LogP contribution in [0.2, 0.25) is 0 Å². The van der Waals surface area contributed by atoms with Crippen LogP contribution in [0.15, 0.2) is 29.3 Å². The largest absolute Gasteiger partial charge is 0.416 e. The van der Waals surface area contributed by atoms with Crippen molar-refractivity contribution in [2.24, 2.45) is 10.4 Å². The van der Waals surface area contributed by atoms with Crippen molar-refractivity contribution in [3.63, 3.8) is 0 Å². The van der Waals surface area contributed by atoms with Gasteiger partial charge in [-0.25, -0.2) is 4.99 Å². The lowest BCUT2D eigenvalue weighted by Gasteiger charge is -2.32. The first-order chi connectivity index (χ1) is 12.3. The Morgan fingerprint density at radius 3 is 2.12 bits per heavy atom. The summed E-state index contributed by atoms with van der Waals surface area (Å²) in [4.78, 5) is 4.46. The molecule has 0 atom stereocenters. The molecule has 1 rings (SSSR count). The first-order valence-corrected chi connectivity index (χ1v) is 9.09. The van der Waals surface area contributed by atoms with Crippen molar-refractivity contribution in [2.75, 3.05) is 19.7 Å². The fourth-order valence-corrected chi connectivity index (χ4v) is 2.76. The molecule has 0 bridgehead atoms. The Morgan fingerprint density at radius 2 is 1.65 bits per heavy atom. The van der Waals surface area contributed by atoms with Gasteiger partial charge in [0, 0.05) is 19.7 Å². The van der Waals surface area contributed by atoms with Crippen LogP contribution >= 0.6 is 0 Å². The monoisotopic (exact) mass is 373 g/mol. The van der Waals surface area contributed by atoms with E-state index in [4.69, 9.17) is 0 Å². The number of nitrogens with one attached hydrogen (secondary N) is 2. The minimum atomic E-state index is -4.32. The molecule has 1 aromatic carbocycles. The number of rotatable bonds is 9. The predicted octanol–water partition coefficient (Wildman–Crippen LogP) is 3.95. The molecule has 0 saturated carbocycles. The molecule has 0 aromatic heterocycles. The summed E-state index contributed by atoms with van der Waals surface area (Å²) in [5.41, 5.74) is 0.0528. The highest BCUT2D eigenvalue weighted by Crippen LogP contribution is 2.30. The number of nitrogens with zero attached hydrogens (tertiary/aromatic N) is 1. The van der Waals surface area contributed by atoms with Gasteiger partial charge < -0.3 is 15.7 Å². The second-order valence-corrected chi connectivity index (χ2v) is 6.42. The third-order valence-corrected chi connectivity index (χ3v) is 4.82. The lowest BCUT2D eigenvalue weighted by Crippen LogP contribution is -2.43. The van der Waals surface area contributed by atoms with Gasteiger partial charge in [0.05, 0.1) is 12.1 Å². The summed E-state index contributed by atoms with van der Waals surface area (Å²) in [6, 6.07) is 5.05. The number of aliphatic hydroxyl groups excluding tert-OH is 1. The van der Waals surface area contributed by atoms with Gasteiger partial charge in [-0.3, -0.25) is 0 Å². The van der Waals surface area contributed by atoms with E-state index in [0.29, 0.717) is 37.6 Å². The summed E-state index contributed by atoms with van der Waals surface area (Å²) < 4.78 is 37.8. The second-order valence-electron chi connectivity index (χ2n) is 6.42. The summed E-state index contributed by atoms with van der Waals surface area (Å²) >= 11 is 0. The zero-order valence-electron chi connectivity index (χ0n) is 15.8. The number of aliphatic imine (C=N–C) groups is 1. The van der Waals surface area contributed by atoms with Crippen LogP contribution in [0.5, 0.6) is 0 Å². The molecular formula is C19H30F3N3O. The van der Waals surface area contributed by atoms with Crippen molar-refractivity contribution < 1.29 is 18.3 Å². The molecule has 0 spiro atoms. The van der Waals surface area contributed by atoms with Crippen LogP contribution in [-0.4, -0.2) is 30.8 Å². The highest BCUT2D eigenvalue weighted by molar-refractivity contribution is 5.79. The standard InChI is InChI=1S/C19H30F3N3O/c1-4-18(5-2,11-12-26)14-25-17(23-6-3)24-13-15-7-9-16(10-8-15)19(20,21)22/h7-10,26H,4-6,11-14H2,1-3H3,(H2,23,24,25). The second kappa shape index (κ2) is 10.4. The third kappa shape index (κ3) is 6.86. The van der Waals surface area contributed by atoms with E-state index in [9.17, 15) is 18.3 Å². The van der Waals surface area contributed by atoms with Crippen molar-refractivity contribution in [2.45, 2.75) is 52.8 Å². The van der Waals surface area contributed by atoms with E-state index in [-0.39, 0.29) is 12.0 Å². The number of hydrogen-bond donors (Lipinski definition) is 3. The Balaban J connectivity index is 2.76. The minimum absolute atomic E-state index is 0.000696. The van der Waals surface area contributed by atoms with Gasteiger partial charge in [-0.05, 0) is 49.3 Å². The van der Waals surface area contributed by atoms with Gasteiger partial charge in [0.15, 0.2) is 5.96 Å². The molecule has 0 radical (unpaired) electrons. The van der Waals surface area contributed by atoms with E-state index in [2.05, 4.69) is 29.5 Å². The quantitative estimate of drug-likeness (QED) is 0.454. The smallest absolute Gasteiger partial charge is 0.396 e. The van der Waals surface area contributed by atoms with Crippen LogP contribution in [0, 0.1) is 5.41 Å². The van der Waals surface area contributed by atoms with E-state index in [1.807, 2.05) is 6.92 Å². The summed E-state index contributed by atoms with van der Waals surface area (Å²) in [6.07, 6.45) is -1.73. The average Bonchev–Trinajstić information content (AvgIpc) is 2.62. The van der Waals surface area contributed by atoms with Gasteiger partial charge in [-0.15, -0.1) is 0 Å². The first-order valence-electron chi connectivity index (χ1n) is 9.09. The zero-order chi connectivity index (χ0) is 19.6. The lowest BCUT2D eigenvalue weighted by molar-refractivity contribution is -0.137. The van der Waals surface area contributed by atoms with Crippen molar-refractivity contribution in [1.29, 1.82) is 0 Å². The van der Waals surface area contributed by atoms with Crippen molar-refractivity contribution in [3.8, 4) is 0 Å². The molecule has 0 aliphatic rings. The van der Waals surface area contributed by atoms with Gasteiger partial charge in [-0.2, -0.15) is 13.2 Å². The molecule has 4 nitrogen and oxygen atoms in total. The number of aliphatic hydroxyl groups is 1. The average molecular weight is 373 g/mol. The highest BCUT2D eigenvalue weighted by atomic mass is 19.4. The molecule has 0 amide bonds. The maximum absolute atomic E-state index is 12.6. The number of guanidine groups is 1. The van der Waals surface area contributed by atoms with Crippen molar-refractivity contribution in [1.82, 2.24) is 10.6 Å². The molecule has 0 aliphatic carbocycles. The molecular weight excluding hydrogens is 343 g/mol. The third-order valence-electron chi connectivity index (χ3n) is 4.82. The molecule has 0 unspecified atom stereocenters. The molecule has 0 aliphatic heterocycles. The Bertz CT molecular complexity index is 552. The molecule has 0 saturated heterocycles. The van der Waals surface area contributed by atoms with Gasteiger partial charge in [-0.1, -0.05) is 26.0 Å². The molecule has 3 N–H and O–H groups in total. The van der Waals surface area contributed by atoms with Crippen molar-refractivity contribution in [3.05, 3.63) is 35.4 Å². The van der Waals surface area contributed by atoms with Gasteiger partial charge in [0.2, 0.25) is 0 Å². The van der Waals surface area contributed by atoms with Crippen LogP contribution in [0.25, 0.3) is 0 Å². The normalized spacial score (nSPS) is 13.0. The summed E-state index contributed by atoms with van der Waals surface area (Å²) in [5.74, 6) is 0.622. The number of alkyl halides is 3. The lowest BCUT2D eigenvalue weighted by atomic mass is 9.79. The zero-order valence-corrected chi connectivity index (χ0v) is 15.8. The van der Waals surface area contributed by atoms with Crippen LogP contribution < -0.4 is 10.6 Å². The van der Waals surface area contributed by atoms with Crippen LogP contribution in [0.1, 0.15) is 51.2 Å². The minimum Gasteiger partial charge on any atom is -0.396 e. The van der Waals surface area contributed by atoms with E-state index >= 15 is 0 Å². The van der Waals surface area contributed by atoms with Crippen molar-refractivity contribution >= 4 is 5.96 Å². The Morgan fingerprint density at radius 1 is 1.04 bits per heavy atom. The Labute approximate surface area is 153 Å². The van der Waals surface area contributed by atoms with Gasteiger partial charge in [0.1, 0.15) is 0 Å².